The Balaban J connectivity index is 0.00000200. The molecule has 1 amide bonds. The number of hydrogen-bond acceptors (Lipinski definition) is 4. The zero-order valence-electron chi connectivity index (χ0n) is 11.7. The number of carbonyl (C=O) groups excluding carboxylic acids is 1. The van der Waals surface area contributed by atoms with E-state index < -0.39 is 6.10 Å². The van der Waals surface area contributed by atoms with Gasteiger partial charge in [0.15, 0.2) is 0 Å². The van der Waals surface area contributed by atoms with Gasteiger partial charge in [-0.25, -0.2) is 0 Å². The Morgan fingerprint density at radius 3 is 2.85 bits per heavy atom. The fraction of sp³-hybridized carbons (Fsp3) is 0.500. The summed E-state index contributed by atoms with van der Waals surface area (Å²) in [6, 6.07) is 5.25. The maximum atomic E-state index is 12.0. The molecule has 112 valence electrons. The molecule has 0 radical (unpaired) electrons. The Morgan fingerprint density at radius 1 is 1.55 bits per heavy atom. The highest BCUT2D eigenvalue weighted by Gasteiger charge is 2.28. The normalized spacial score (nSPS) is 21.1. The van der Waals surface area contributed by atoms with Crippen molar-refractivity contribution in [3.8, 4) is 5.75 Å². The van der Waals surface area contributed by atoms with Crippen molar-refractivity contribution in [3.63, 3.8) is 0 Å². The third-order valence-electron chi connectivity index (χ3n) is 3.19. The predicted molar refractivity (Wildman–Crippen MR) is 80.6 cm³/mol. The zero-order chi connectivity index (χ0) is 13.8. The lowest BCUT2D eigenvalue weighted by Gasteiger charge is -2.14. The van der Waals surface area contributed by atoms with Crippen LogP contribution in [0.4, 0.5) is 5.69 Å². The number of rotatable bonds is 4. The van der Waals surface area contributed by atoms with Crippen LogP contribution < -0.4 is 15.4 Å². The van der Waals surface area contributed by atoms with Gasteiger partial charge < -0.3 is 20.5 Å². The second kappa shape index (κ2) is 7.47. The number of carbonyl (C=O) groups is 1. The lowest BCUT2D eigenvalue weighted by Crippen LogP contribution is -2.35. The average molecular weight is 301 g/mol. The highest BCUT2D eigenvalue weighted by atomic mass is 35.5. The second-order valence-corrected chi connectivity index (χ2v) is 4.75. The van der Waals surface area contributed by atoms with Crippen molar-refractivity contribution in [2.45, 2.75) is 32.4 Å². The quantitative estimate of drug-likeness (QED) is 0.788. The summed E-state index contributed by atoms with van der Waals surface area (Å²) in [4.78, 5) is 12.0. The van der Waals surface area contributed by atoms with E-state index in [1.807, 2.05) is 32.0 Å². The van der Waals surface area contributed by atoms with Crippen LogP contribution in [0.5, 0.6) is 5.75 Å². The fourth-order valence-electron chi connectivity index (χ4n) is 2.17. The van der Waals surface area contributed by atoms with E-state index in [0.29, 0.717) is 19.6 Å². The topological polar surface area (TPSA) is 70.6 Å². The molecule has 0 saturated carbocycles. The molecule has 0 bridgehead atoms. The van der Waals surface area contributed by atoms with Crippen LogP contribution in [-0.4, -0.2) is 36.3 Å². The predicted octanol–water partition coefficient (Wildman–Crippen LogP) is 1.48. The minimum absolute atomic E-state index is 0. The van der Waals surface area contributed by atoms with Gasteiger partial charge in [0.1, 0.15) is 5.75 Å². The Labute approximate surface area is 125 Å². The van der Waals surface area contributed by atoms with Crippen LogP contribution in [0.1, 0.15) is 18.9 Å². The summed E-state index contributed by atoms with van der Waals surface area (Å²) in [6.07, 6.45) is 0.0271. The number of benzene rings is 1. The minimum atomic E-state index is -0.433. The van der Waals surface area contributed by atoms with Gasteiger partial charge in [0.25, 0.3) is 0 Å². The number of halogens is 1. The van der Waals surface area contributed by atoms with E-state index in [4.69, 9.17) is 4.74 Å². The highest BCUT2D eigenvalue weighted by molar-refractivity contribution is 5.95. The summed E-state index contributed by atoms with van der Waals surface area (Å²) in [5, 5.41) is 15.3. The first-order valence-corrected chi connectivity index (χ1v) is 6.56. The van der Waals surface area contributed by atoms with Gasteiger partial charge in [-0.15, -0.1) is 12.4 Å². The van der Waals surface area contributed by atoms with Crippen LogP contribution in [-0.2, 0) is 4.79 Å². The van der Waals surface area contributed by atoms with Crippen molar-refractivity contribution < 1.29 is 14.6 Å². The molecule has 1 saturated heterocycles. The smallest absolute Gasteiger partial charge is 0.241 e. The number of nitrogens with one attached hydrogen (secondary N) is 2. The molecule has 1 aliphatic rings. The standard InChI is InChI=1S/C14H20N2O3.ClH/c1-3-19-11-4-5-12(9(2)6-11)16-14(18)13-7-10(17)8-15-13;/h4-6,10,13,15,17H,3,7-8H2,1-2H3,(H,16,18);1H/t10-,13-;/m1./s1. The van der Waals surface area contributed by atoms with E-state index in [2.05, 4.69) is 10.6 Å². The summed E-state index contributed by atoms with van der Waals surface area (Å²) in [5.74, 6) is 0.691. The molecule has 0 unspecified atom stereocenters. The maximum absolute atomic E-state index is 12.0. The number of amides is 1. The molecule has 1 aliphatic heterocycles. The first-order valence-electron chi connectivity index (χ1n) is 6.56. The fourth-order valence-corrected chi connectivity index (χ4v) is 2.17. The molecule has 2 atom stereocenters. The second-order valence-electron chi connectivity index (χ2n) is 4.75. The monoisotopic (exact) mass is 300 g/mol. The molecule has 1 aromatic rings. The average Bonchev–Trinajstić information content (AvgIpc) is 2.80. The Kier molecular flexibility index (Phi) is 6.26. The summed E-state index contributed by atoms with van der Waals surface area (Å²) < 4.78 is 5.40. The number of aryl methyl sites for hydroxylation is 1. The van der Waals surface area contributed by atoms with E-state index in [1.165, 1.54) is 0 Å². The summed E-state index contributed by atoms with van der Waals surface area (Å²) in [5.41, 5.74) is 1.73. The van der Waals surface area contributed by atoms with E-state index in [9.17, 15) is 9.90 Å². The molecular weight excluding hydrogens is 280 g/mol. The third-order valence-corrected chi connectivity index (χ3v) is 3.19. The molecule has 2 rings (SSSR count). The molecule has 3 N–H and O–H groups in total. The van der Waals surface area contributed by atoms with Crippen molar-refractivity contribution in [2.24, 2.45) is 0 Å². The minimum Gasteiger partial charge on any atom is -0.494 e. The van der Waals surface area contributed by atoms with Gasteiger partial charge in [0.05, 0.1) is 18.8 Å². The van der Waals surface area contributed by atoms with Gasteiger partial charge in [-0.3, -0.25) is 4.79 Å². The number of aliphatic hydroxyl groups excluding tert-OH is 1. The van der Waals surface area contributed by atoms with Crippen LogP contribution in [0.2, 0.25) is 0 Å². The Morgan fingerprint density at radius 2 is 2.30 bits per heavy atom. The van der Waals surface area contributed by atoms with E-state index in [-0.39, 0.29) is 24.4 Å². The molecule has 20 heavy (non-hydrogen) atoms. The lowest BCUT2D eigenvalue weighted by atomic mass is 10.1. The van der Waals surface area contributed by atoms with Crippen molar-refractivity contribution in [2.75, 3.05) is 18.5 Å². The van der Waals surface area contributed by atoms with Crippen molar-refractivity contribution in [3.05, 3.63) is 23.8 Å². The number of β-amino-alcohol motifs (C(OH)–C–C–N with tert-alkyl or cyclic N) is 1. The molecule has 1 aromatic carbocycles. The maximum Gasteiger partial charge on any atom is 0.241 e. The number of anilines is 1. The third kappa shape index (κ3) is 4.10. The van der Waals surface area contributed by atoms with Gasteiger partial charge in [-0.2, -0.15) is 0 Å². The molecule has 5 nitrogen and oxygen atoms in total. The molecule has 0 spiro atoms. The molecule has 1 heterocycles. The lowest BCUT2D eigenvalue weighted by molar-refractivity contribution is -0.117. The van der Waals surface area contributed by atoms with Crippen LogP contribution >= 0.6 is 12.4 Å². The van der Waals surface area contributed by atoms with Gasteiger partial charge in [0, 0.05) is 12.2 Å². The number of hydrogen-bond donors (Lipinski definition) is 3. The summed E-state index contributed by atoms with van der Waals surface area (Å²) in [6.45, 7) is 4.95. The molecule has 1 fully saturated rings. The van der Waals surface area contributed by atoms with E-state index in [0.717, 1.165) is 17.0 Å². The van der Waals surface area contributed by atoms with Crippen molar-refractivity contribution >= 4 is 24.0 Å². The van der Waals surface area contributed by atoms with Crippen molar-refractivity contribution in [1.82, 2.24) is 5.32 Å². The van der Waals surface area contributed by atoms with Crippen LogP contribution in [0.3, 0.4) is 0 Å². The van der Waals surface area contributed by atoms with E-state index >= 15 is 0 Å². The van der Waals surface area contributed by atoms with Gasteiger partial charge in [-0.1, -0.05) is 0 Å². The zero-order valence-corrected chi connectivity index (χ0v) is 12.5. The van der Waals surface area contributed by atoms with Crippen molar-refractivity contribution in [1.29, 1.82) is 0 Å². The highest BCUT2D eigenvalue weighted by Crippen LogP contribution is 2.22. The van der Waals surface area contributed by atoms with Crippen LogP contribution in [0, 0.1) is 6.92 Å². The largest absolute Gasteiger partial charge is 0.494 e. The Bertz CT molecular complexity index is 468. The molecular formula is C14H21ClN2O3. The first-order chi connectivity index (χ1) is 9.10. The first kappa shape index (κ1) is 16.8. The molecule has 0 aromatic heterocycles. The van der Waals surface area contributed by atoms with Gasteiger partial charge >= 0.3 is 0 Å². The van der Waals surface area contributed by atoms with Crippen LogP contribution in [0.25, 0.3) is 0 Å². The molecule has 6 heteroatoms. The summed E-state index contributed by atoms with van der Waals surface area (Å²) >= 11 is 0. The Hall–Kier alpha value is -1.30. The van der Waals surface area contributed by atoms with Gasteiger partial charge in [0.2, 0.25) is 5.91 Å². The van der Waals surface area contributed by atoms with Crippen LogP contribution in [0.15, 0.2) is 18.2 Å². The molecule has 0 aliphatic carbocycles. The van der Waals surface area contributed by atoms with E-state index in [1.54, 1.807) is 0 Å². The SMILES string of the molecule is CCOc1ccc(NC(=O)[C@H]2C[C@@H](O)CN2)c(C)c1.Cl. The van der Waals surface area contributed by atoms with Gasteiger partial charge in [-0.05, 0) is 44.0 Å². The number of aliphatic hydroxyl groups is 1. The summed E-state index contributed by atoms with van der Waals surface area (Å²) in [7, 11) is 0. The number of ether oxygens (including phenoxy) is 1.